The zero-order valence-corrected chi connectivity index (χ0v) is 5.36. The lowest BCUT2D eigenvalue weighted by Crippen LogP contribution is -2.32. The average Bonchev–Trinajstić information content (AvgIpc) is 1.82. The van der Waals surface area contributed by atoms with Gasteiger partial charge in [-0.05, 0) is 6.92 Å². The van der Waals surface area contributed by atoms with E-state index in [0.717, 1.165) is 0 Å². The molecule has 0 fully saturated rings. The van der Waals surface area contributed by atoms with Crippen molar-refractivity contribution < 1.29 is 18.4 Å². The molecular weight excluding hydrogens is 144 g/mol. The molecule has 0 bridgehead atoms. The van der Waals surface area contributed by atoms with Crippen LogP contribution in [0.5, 0.6) is 0 Å². The molecule has 3 nitrogen and oxygen atoms in total. The van der Waals surface area contributed by atoms with Crippen LogP contribution in [0.1, 0.15) is 6.92 Å². The van der Waals surface area contributed by atoms with Crippen molar-refractivity contribution in [1.82, 2.24) is 5.32 Å². The maximum Gasteiger partial charge on any atom is 0.315 e. The molecule has 0 rings (SSSR count). The Hall–Kier alpha value is -1.00. The minimum atomic E-state index is -3.04. The smallest absolute Gasteiger partial charge is 0.315 e. The van der Waals surface area contributed by atoms with E-state index in [0.29, 0.717) is 0 Å². The SMILES string of the molecule is CC(=O)CNC(=O)C(F)F. The van der Waals surface area contributed by atoms with E-state index in [2.05, 4.69) is 0 Å². The van der Waals surface area contributed by atoms with Gasteiger partial charge in [0.25, 0.3) is 5.91 Å². The number of carbonyl (C=O) groups excluding carboxylic acids is 2. The fraction of sp³-hybridized carbons (Fsp3) is 0.600. The fourth-order valence-electron chi connectivity index (χ4n) is 0.289. The highest BCUT2D eigenvalue weighted by Gasteiger charge is 2.13. The first-order valence-electron chi connectivity index (χ1n) is 2.59. The van der Waals surface area contributed by atoms with E-state index in [1.54, 1.807) is 5.32 Å². The molecule has 0 atom stereocenters. The maximum absolute atomic E-state index is 11.4. The minimum Gasteiger partial charge on any atom is -0.344 e. The van der Waals surface area contributed by atoms with Crippen molar-refractivity contribution in [3.05, 3.63) is 0 Å². The molecule has 0 aliphatic rings. The number of carbonyl (C=O) groups is 2. The summed E-state index contributed by atoms with van der Waals surface area (Å²) in [5, 5.41) is 1.74. The Balaban J connectivity index is 3.50. The van der Waals surface area contributed by atoms with Gasteiger partial charge in [0.2, 0.25) is 0 Å². The van der Waals surface area contributed by atoms with Crippen LogP contribution in [0.2, 0.25) is 0 Å². The van der Waals surface area contributed by atoms with Gasteiger partial charge in [0.05, 0.1) is 6.54 Å². The first kappa shape index (κ1) is 9.00. The molecule has 0 saturated carbocycles. The summed E-state index contributed by atoms with van der Waals surface area (Å²) in [4.78, 5) is 20.1. The third-order valence-corrected chi connectivity index (χ3v) is 0.710. The number of hydrogen-bond acceptors (Lipinski definition) is 2. The van der Waals surface area contributed by atoms with Gasteiger partial charge in [-0.3, -0.25) is 9.59 Å². The summed E-state index contributed by atoms with van der Waals surface area (Å²) in [5.74, 6) is -1.76. The highest BCUT2D eigenvalue weighted by Crippen LogP contribution is 1.89. The Morgan fingerprint density at radius 2 is 2.00 bits per heavy atom. The maximum atomic E-state index is 11.4. The number of ketones is 1. The zero-order valence-electron chi connectivity index (χ0n) is 5.36. The van der Waals surface area contributed by atoms with Crippen molar-refractivity contribution in [2.75, 3.05) is 6.54 Å². The van der Waals surface area contributed by atoms with Crippen LogP contribution in [0.3, 0.4) is 0 Å². The van der Waals surface area contributed by atoms with E-state index < -0.39 is 12.3 Å². The zero-order chi connectivity index (χ0) is 8.15. The molecule has 0 radical (unpaired) electrons. The summed E-state index contributed by atoms with van der Waals surface area (Å²) in [6.07, 6.45) is -3.04. The topological polar surface area (TPSA) is 46.2 Å². The summed E-state index contributed by atoms with van der Waals surface area (Å²) >= 11 is 0. The molecule has 1 amide bonds. The highest BCUT2D eigenvalue weighted by molar-refractivity contribution is 5.85. The van der Waals surface area contributed by atoms with Crippen LogP contribution < -0.4 is 5.32 Å². The van der Waals surface area contributed by atoms with Crippen LogP contribution in [-0.2, 0) is 9.59 Å². The normalized spacial score (nSPS) is 9.60. The van der Waals surface area contributed by atoms with E-state index in [9.17, 15) is 18.4 Å². The molecule has 0 spiro atoms. The van der Waals surface area contributed by atoms with Crippen LogP contribution in [0.15, 0.2) is 0 Å². The Kier molecular flexibility index (Phi) is 3.53. The van der Waals surface area contributed by atoms with Gasteiger partial charge in [0.15, 0.2) is 0 Å². The van der Waals surface area contributed by atoms with Crippen molar-refractivity contribution in [1.29, 1.82) is 0 Å². The second kappa shape index (κ2) is 3.92. The van der Waals surface area contributed by atoms with Crippen LogP contribution in [0, 0.1) is 0 Å². The molecule has 10 heavy (non-hydrogen) atoms. The first-order chi connectivity index (χ1) is 4.54. The Labute approximate surface area is 56.4 Å². The van der Waals surface area contributed by atoms with Crippen LogP contribution >= 0.6 is 0 Å². The van der Waals surface area contributed by atoms with Crippen LogP contribution in [-0.4, -0.2) is 24.7 Å². The third-order valence-electron chi connectivity index (χ3n) is 0.710. The Morgan fingerprint density at radius 3 is 2.30 bits per heavy atom. The predicted octanol–water partition coefficient (Wildman–Crippen LogP) is -0.0433. The summed E-state index contributed by atoms with van der Waals surface area (Å²) < 4.78 is 22.7. The average molecular weight is 151 g/mol. The van der Waals surface area contributed by atoms with Gasteiger partial charge in [0.1, 0.15) is 5.78 Å². The number of hydrogen-bond donors (Lipinski definition) is 1. The molecule has 0 saturated heterocycles. The summed E-state index contributed by atoms with van der Waals surface area (Å²) in [6.45, 7) is 0.870. The van der Waals surface area contributed by atoms with Crippen LogP contribution in [0.4, 0.5) is 8.78 Å². The highest BCUT2D eigenvalue weighted by atomic mass is 19.3. The molecule has 0 heterocycles. The summed E-state index contributed by atoms with van der Waals surface area (Å²) in [5.41, 5.74) is 0. The Bertz CT molecular complexity index is 147. The molecule has 0 unspecified atom stereocenters. The quantitative estimate of drug-likeness (QED) is 0.615. The first-order valence-corrected chi connectivity index (χ1v) is 2.59. The molecule has 1 N–H and O–H groups in total. The largest absolute Gasteiger partial charge is 0.344 e. The molecule has 0 aromatic heterocycles. The van der Waals surface area contributed by atoms with E-state index in [1.165, 1.54) is 6.92 Å². The van der Waals surface area contributed by atoms with Gasteiger partial charge in [-0.2, -0.15) is 8.78 Å². The number of amides is 1. The van der Waals surface area contributed by atoms with Crippen molar-refractivity contribution in [2.24, 2.45) is 0 Å². The lowest BCUT2D eigenvalue weighted by Gasteiger charge is -1.99. The second-order valence-electron chi connectivity index (χ2n) is 1.72. The number of nitrogens with one attached hydrogen (secondary N) is 1. The van der Waals surface area contributed by atoms with E-state index in [-0.39, 0.29) is 12.3 Å². The molecule has 5 heteroatoms. The van der Waals surface area contributed by atoms with E-state index in [4.69, 9.17) is 0 Å². The van der Waals surface area contributed by atoms with Gasteiger partial charge in [-0.15, -0.1) is 0 Å². The third kappa shape index (κ3) is 3.94. The number of Topliss-reactive ketones (excluding diaryl/α,β-unsaturated/α-hetero) is 1. The second-order valence-corrected chi connectivity index (χ2v) is 1.72. The standard InChI is InChI=1S/C5H7F2NO2/c1-3(9)2-8-5(10)4(6)7/h4H,2H2,1H3,(H,8,10). The number of alkyl halides is 2. The van der Waals surface area contributed by atoms with Gasteiger partial charge in [-0.1, -0.05) is 0 Å². The molecule has 58 valence electrons. The van der Waals surface area contributed by atoms with Crippen molar-refractivity contribution >= 4 is 11.7 Å². The van der Waals surface area contributed by atoms with Crippen molar-refractivity contribution in [2.45, 2.75) is 13.3 Å². The summed E-state index contributed by atoms with van der Waals surface area (Å²) in [7, 11) is 0. The van der Waals surface area contributed by atoms with E-state index in [1.807, 2.05) is 0 Å². The number of rotatable bonds is 3. The van der Waals surface area contributed by atoms with Gasteiger partial charge in [-0.25, -0.2) is 0 Å². The summed E-state index contributed by atoms with van der Waals surface area (Å²) in [6, 6.07) is 0. The van der Waals surface area contributed by atoms with Crippen molar-refractivity contribution in [3.63, 3.8) is 0 Å². The van der Waals surface area contributed by atoms with Gasteiger partial charge in [0, 0.05) is 0 Å². The fourth-order valence-corrected chi connectivity index (χ4v) is 0.289. The molecular formula is C5H7F2NO2. The molecule has 0 aliphatic carbocycles. The van der Waals surface area contributed by atoms with Crippen LogP contribution in [0.25, 0.3) is 0 Å². The van der Waals surface area contributed by atoms with E-state index >= 15 is 0 Å². The molecule has 0 aromatic carbocycles. The predicted molar refractivity (Wildman–Crippen MR) is 29.7 cm³/mol. The van der Waals surface area contributed by atoms with Gasteiger partial charge < -0.3 is 5.32 Å². The van der Waals surface area contributed by atoms with Gasteiger partial charge >= 0.3 is 6.43 Å². The molecule has 0 aliphatic heterocycles. The molecule has 0 aromatic rings. The lowest BCUT2D eigenvalue weighted by molar-refractivity contribution is -0.133. The lowest BCUT2D eigenvalue weighted by atomic mass is 10.4. The minimum absolute atomic E-state index is 0.330. The number of halogens is 2. The Morgan fingerprint density at radius 1 is 1.50 bits per heavy atom. The van der Waals surface area contributed by atoms with Crippen molar-refractivity contribution in [3.8, 4) is 0 Å². The monoisotopic (exact) mass is 151 g/mol.